The van der Waals surface area contributed by atoms with Crippen molar-refractivity contribution in [2.75, 3.05) is 12.8 Å². The zero-order valence-corrected chi connectivity index (χ0v) is 16.6. The third-order valence-electron chi connectivity index (χ3n) is 4.51. The van der Waals surface area contributed by atoms with Crippen LogP contribution in [0.5, 0.6) is 0 Å². The fraction of sp³-hybridized carbons (Fsp3) is 0.182. The van der Waals surface area contributed by atoms with Gasteiger partial charge in [0.05, 0.1) is 19.2 Å². The summed E-state index contributed by atoms with van der Waals surface area (Å²) in [7, 11) is 1.29. The van der Waals surface area contributed by atoms with Crippen molar-refractivity contribution in [1.29, 1.82) is 0 Å². The number of esters is 1. The number of nitrogen functional groups attached to an aromatic ring is 1. The topological polar surface area (TPSA) is 98.4 Å². The number of carbonyl (C=O) groups excluding carboxylic acids is 2. The molecular formula is C22H21FN4O3. The first-order valence-corrected chi connectivity index (χ1v) is 9.17. The molecule has 0 aliphatic rings. The Morgan fingerprint density at radius 1 is 1.03 bits per heavy atom. The van der Waals surface area contributed by atoms with Gasteiger partial charge >= 0.3 is 5.97 Å². The maximum absolute atomic E-state index is 13.3. The minimum absolute atomic E-state index is 0.168. The van der Waals surface area contributed by atoms with E-state index in [9.17, 15) is 14.0 Å². The van der Waals surface area contributed by atoms with Crippen LogP contribution >= 0.6 is 0 Å². The Kier molecular flexibility index (Phi) is 6.36. The molecule has 0 radical (unpaired) electrons. The number of ether oxygens (including phenoxy) is 1. The molecule has 0 saturated heterocycles. The number of aromatic nitrogens is 2. The molecule has 0 aliphatic carbocycles. The number of hydrogen-bond acceptors (Lipinski definition) is 6. The van der Waals surface area contributed by atoms with Gasteiger partial charge in [-0.2, -0.15) is 0 Å². The van der Waals surface area contributed by atoms with E-state index in [0.29, 0.717) is 28.3 Å². The van der Waals surface area contributed by atoms with Crippen LogP contribution in [0, 0.1) is 12.7 Å². The van der Waals surface area contributed by atoms with Gasteiger partial charge < -0.3 is 15.4 Å². The van der Waals surface area contributed by atoms with E-state index in [0.717, 1.165) is 5.56 Å². The molecule has 1 heterocycles. The normalized spacial score (nSPS) is 10.5. The second-order valence-electron chi connectivity index (χ2n) is 6.68. The van der Waals surface area contributed by atoms with Crippen LogP contribution in [0.15, 0.2) is 54.7 Å². The van der Waals surface area contributed by atoms with Gasteiger partial charge in [-0.1, -0.05) is 12.1 Å². The lowest BCUT2D eigenvalue weighted by atomic mass is 10.1. The van der Waals surface area contributed by atoms with E-state index in [4.69, 9.17) is 5.73 Å². The molecule has 154 valence electrons. The lowest BCUT2D eigenvalue weighted by Crippen LogP contribution is -2.30. The zero-order chi connectivity index (χ0) is 21.7. The van der Waals surface area contributed by atoms with Gasteiger partial charge in [0.2, 0.25) is 0 Å². The van der Waals surface area contributed by atoms with Crippen molar-refractivity contribution < 1.29 is 18.7 Å². The van der Waals surface area contributed by atoms with Crippen molar-refractivity contribution in [3.63, 3.8) is 0 Å². The average molecular weight is 408 g/mol. The Morgan fingerprint density at radius 3 is 2.27 bits per heavy atom. The smallest absolute Gasteiger partial charge is 0.337 e. The summed E-state index contributed by atoms with van der Waals surface area (Å²) in [4.78, 5) is 34.7. The number of rotatable bonds is 6. The highest BCUT2D eigenvalue weighted by atomic mass is 19.1. The van der Waals surface area contributed by atoms with Crippen LogP contribution in [0.2, 0.25) is 0 Å². The zero-order valence-electron chi connectivity index (χ0n) is 16.6. The number of methoxy groups -OCH3 is 1. The van der Waals surface area contributed by atoms with Crippen LogP contribution in [0.1, 0.15) is 37.7 Å². The van der Waals surface area contributed by atoms with E-state index < -0.39 is 5.97 Å². The Labute approximate surface area is 173 Å². The van der Waals surface area contributed by atoms with Crippen molar-refractivity contribution >= 4 is 17.7 Å². The molecule has 0 bridgehead atoms. The minimum atomic E-state index is -0.484. The molecule has 0 atom stereocenters. The van der Waals surface area contributed by atoms with Gasteiger partial charge in [0.1, 0.15) is 17.5 Å². The number of hydrogen-bond donors (Lipinski definition) is 1. The molecule has 0 unspecified atom stereocenters. The van der Waals surface area contributed by atoms with Gasteiger partial charge in [0, 0.05) is 23.9 Å². The maximum Gasteiger partial charge on any atom is 0.337 e. The quantitative estimate of drug-likeness (QED) is 0.629. The van der Waals surface area contributed by atoms with Crippen LogP contribution in [-0.2, 0) is 17.8 Å². The van der Waals surface area contributed by atoms with Gasteiger partial charge in [0.25, 0.3) is 5.91 Å². The molecule has 3 rings (SSSR count). The molecule has 2 aromatic carbocycles. The molecule has 0 spiro atoms. The number of nitrogens with zero attached hydrogens (tertiary/aromatic N) is 3. The van der Waals surface area contributed by atoms with Crippen LogP contribution in [0.25, 0.3) is 0 Å². The standard InChI is InChI=1S/C22H21FN4O3/c1-14-25-11-18(20(24)26-14)13-27(12-15-3-9-19(23)10-4-15)21(28)16-5-7-17(8-6-16)22(29)30-2/h3-11H,12-13H2,1-2H3,(H2,24,25,26). The van der Waals surface area contributed by atoms with Crippen molar-refractivity contribution in [3.05, 3.63) is 88.6 Å². The SMILES string of the molecule is COC(=O)c1ccc(C(=O)N(Cc2ccc(F)cc2)Cc2cnc(C)nc2N)cc1. The number of halogens is 1. The number of anilines is 1. The van der Waals surface area contributed by atoms with Crippen LogP contribution in [0.4, 0.5) is 10.2 Å². The van der Waals surface area contributed by atoms with Gasteiger partial charge in [-0.15, -0.1) is 0 Å². The first-order chi connectivity index (χ1) is 14.4. The third kappa shape index (κ3) is 4.96. The fourth-order valence-corrected chi connectivity index (χ4v) is 2.90. The minimum Gasteiger partial charge on any atom is -0.465 e. The summed E-state index contributed by atoms with van der Waals surface area (Å²) in [5.74, 6) is -0.296. The first kappa shape index (κ1) is 20.9. The van der Waals surface area contributed by atoms with Crippen molar-refractivity contribution in [2.45, 2.75) is 20.0 Å². The van der Waals surface area contributed by atoms with Crippen molar-refractivity contribution in [2.24, 2.45) is 0 Å². The van der Waals surface area contributed by atoms with Gasteiger partial charge in [-0.25, -0.2) is 19.2 Å². The number of benzene rings is 2. The molecule has 1 aromatic heterocycles. The highest BCUT2D eigenvalue weighted by molar-refractivity contribution is 5.96. The van der Waals surface area contributed by atoms with Crippen molar-refractivity contribution in [1.82, 2.24) is 14.9 Å². The molecule has 0 saturated carbocycles. The Balaban J connectivity index is 1.89. The predicted molar refractivity (Wildman–Crippen MR) is 109 cm³/mol. The molecule has 30 heavy (non-hydrogen) atoms. The van der Waals surface area contributed by atoms with E-state index in [1.54, 1.807) is 42.3 Å². The lowest BCUT2D eigenvalue weighted by molar-refractivity contribution is 0.0599. The Bertz CT molecular complexity index is 1050. The monoisotopic (exact) mass is 408 g/mol. The Morgan fingerprint density at radius 2 is 1.67 bits per heavy atom. The highest BCUT2D eigenvalue weighted by Crippen LogP contribution is 2.18. The van der Waals surface area contributed by atoms with E-state index in [1.165, 1.54) is 31.4 Å². The molecule has 0 aliphatic heterocycles. The maximum atomic E-state index is 13.3. The van der Waals surface area contributed by atoms with Gasteiger partial charge in [0.15, 0.2) is 0 Å². The number of aryl methyl sites for hydroxylation is 1. The lowest BCUT2D eigenvalue weighted by Gasteiger charge is -2.23. The van der Waals surface area contributed by atoms with E-state index >= 15 is 0 Å². The highest BCUT2D eigenvalue weighted by Gasteiger charge is 2.19. The summed E-state index contributed by atoms with van der Waals surface area (Å²) in [6, 6.07) is 12.1. The summed E-state index contributed by atoms with van der Waals surface area (Å²) in [6.07, 6.45) is 1.59. The molecule has 2 N–H and O–H groups in total. The summed E-state index contributed by atoms with van der Waals surface area (Å²) in [5, 5.41) is 0. The van der Waals surface area contributed by atoms with Crippen LogP contribution < -0.4 is 5.73 Å². The van der Waals surface area contributed by atoms with E-state index in [2.05, 4.69) is 14.7 Å². The average Bonchev–Trinajstić information content (AvgIpc) is 2.75. The van der Waals surface area contributed by atoms with Gasteiger partial charge in [-0.05, 0) is 48.9 Å². The largest absolute Gasteiger partial charge is 0.465 e. The van der Waals surface area contributed by atoms with E-state index in [-0.39, 0.29) is 24.8 Å². The molecule has 1 amide bonds. The van der Waals surface area contributed by atoms with Crippen LogP contribution in [-0.4, -0.2) is 33.9 Å². The Hall–Kier alpha value is -3.81. The summed E-state index contributed by atoms with van der Waals surface area (Å²) in [6.45, 7) is 2.12. The van der Waals surface area contributed by atoms with E-state index in [1.807, 2.05) is 0 Å². The molecular weight excluding hydrogens is 387 g/mol. The number of amides is 1. The second kappa shape index (κ2) is 9.13. The predicted octanol–water partition coefficient (Wildman–Crippen LogP) is 3.14. The summed E-state index contributed by atoms with van der Waals surface area (Å²) >= 11 is 0. The number of carbonyl (C=O) groups is 2. The van der Waals surface area contributed by atoms with Crippen LogP contribution in [0.3, 0.4) is 0 Å². The summed E-state index contributed by atoms with van der Waals surface area (Å²) in [5.41, 5.74) is 8.08. The molecule has 8 heteroatoms. The van der Waals surface area contributed by atoms with Gasteiger partial charge in [-0.3, -0.25) is 4.79 Å². The van der Waals surface area contributed by atoms with Crippen molar-refractivity contribution in [3.8, 4) is 0 Å². The first-order valence-electron chi connectivity index (χ1n) is 9.17. The summed E-state index contributed by atoms with van der Waals surface area (Å²) < 4.78 is 17.9. The molecule has 7 nitrogen and oxygen atoms in total. The number of nitrogens with two attached hydrogens (primary N) is 1. The molecule has 0 fully saturated rings. The second-order valence-corrected chi connectivity index (χ2v) is 6.68. The fourth-order valence-electron chi connectivity index (χ4n) is 2.90. The third-order valence-corrected chi connectivity index (χ3v) is 4.51. The molecule has 3 aromatic rings.